The molecule has 0 spiro atoms. The molecule has 1 aromatic heterocycles. The summed E-state index contributed by atoms with van der Waals surface area (Å²) in [5.41, 5.74) is 0. The second-order valence-corrected chi connectivity index (χ2v) is 7.63. The summed E-state index contributed by atoms with van der Waals surface area (Å²) in [7, 11) is 0. The van der Waals surface area contributed by atoms with Gasteiger partial charge >= 0.3 is 0 Å². The molecule has 2 saturated heterocycles. The van der Waals surface area contributed by atoms with Crippen LogP contribution in [-0.4, -0.2) is 29.9 Å². The van der Waals surface area contributed by atoms with Gasteiger partial charge in [-0.1, -0.05) is 0 Å². The van der Waals surface area contributed by atoms with Crippen molar-refractivity contribution in [1.82, 2.24) is 10.2 Å². The first-order valence-electron chi connectivity index (χ1n) is 6.48. The molecule has 5 heteroatoms. The number of halogens is 1. The normalized spacial score (nSPS) is 28.3. The van der Waals surface area contributed by atoms with E-state index in [4.69, 9.17) is 0 Å². The molecule has 2 aliphatic heterocycles. The van der Waals surface area contributed by atoms with E-state index in [1.54, 1.807) is 11.3 Å². The molecular formula is C13H17BrN2OS. The summed E-state index contributed by atoms with van der Waals surface area (Å²) in [6.07, 6.45) is 2.87. The van der Waals surface area contributed by atoms with Crippen LogP contribution in [0.1, 0.15) is 24.1 Å². The van der Waals surface area contributed by atoms with Gasteiger partial charge in [0.1, 0.15) is 0 Å². The lowest BCUT2D eigenvalue weighted by Gasteiger charge is -2.44. The Morgan fingerprint density at radius 3 is 3.11 bits per heavy atom. The number of hydrogen-bond donors (Lipinski definition) is 1. The van der Waals surface area contributed by atoms with Gasteiger partial charge in [0.2, 0.25) is 5.91 Å². The Morgan fingerprint density at radius 1 is 1.44 bits per heavy atom. The molecule has 18 heavy (non-hydrogen) atoms. The van der Waals surface area contributed by atoms with Gasteiger partial charge in [-0.3, -0.25) is 4.79 Å². The summed E-state index contributed by atoms with van der Waals surface area (Å²) in [6, 6.07) is 4.63. The molecule has 98 valence electrons. The number of nitrogens with one attached hydrogen (secondary N) is 1. The van der Waals surface area contributed by atoms with E-state index < -0.39 is 0 Å². The smallest absolute Gasteiger partial charge is 0.223 e. The van der Waals surface area contributed by atoms with Crippen LogP contribution in [0.4, 0.5) is 0 Å². The number of hydrogen-bond acceptors (Lipinski definition) is 3. The van der Waals surface area contributed by atoms with Crippen molar-refractivity contribution in [1.29, 1.82) is 0 Å². The topological polar surface area (TPSA) is 32.3 Å². The van der Waals surface area contributed by atoms with Crippen LogP contribution in [0.2, 0.25) is 0 Å². The van der Waals surface area contributed by atoms with Gasteiger partial charge in [0.15, 0.2) is 0 Å². The fourth-order valence-corrected chi connectivity index (χ4v) is 4.54. The van der Waals surface area contributed by atoms with Gasteiger partial charge in [-0.25, -0.2) is 0 Å². The van der Waals surface area contributed by atoms with Crippen LogP contribution in [-0.2, 0) is 11.3 Å². The third-order valence-corrected chi connectivity index (χ3v) is 5.58. The maximum absolute atomic E-state index is 12.2. The monoisotopic (exact) mass is 328 g/mol. The molecule has 1 amide bonds. The standard InChI is InChI=1S/C13H17BrN2OS/c14-12-3-2-10(18-12)8-16-11-5-6-15-7-9(11)1-4-13(16)17/h2-3,9,11,15H,1,4-8H2. The molecule has 2 fully saturated rings. The number of carbonyl (C=O) groups is 1. The lowest BCUT2D eigenvalue weighted by atomic mass is 9.84. The predicted octanol–water partition coefficient (Wildman–Crippen LogP) is 2.61. The van der Waals surface area contributed by atoms with E-state index in [-0.39, 0.29) is 0 Å². The Bertz CT molecular complexity index is 448. The third-order valence-electron chi connectivity index (χ3n) is 3.97. The first-order chi connectivity index (χ1) is 8.74. The number of likely N-dealkylation sites (tertiary alicyclic amines) is 1. The Morgan fingerprint density at radius 2 is 2.33 bits per heavy atom. The molecule has 1 aromatic rings. The second kappa shape index (κ2) is 5.31. The maximum Gasteiger partial charge on any atom is 0.223 e. The zero-order valence-electron chi connectivity index (χ0n) is 10.2. The number of carbonyl (C=O) groups excluding carboxylic acids is 1. The molecular weight excluding hydrogens is 312 g/mol. The van der Waals surface area contributed by atoms with E-state index in [0.717, 1.165) is 42.7 Å². The number of amides is 1. The second-order valence-electron chi connectivity index (χ2n) is 5.09. The van der Waals surface area contributed by atoms with E-state index >= 15 is 0 Å². The SMILES string of the molecule is O=C1CCC2CNCCC2N1Cc1ccc(Br)s1. The maximum atomic E-state index is 12.2. The molecule has 0 radical (unpaired) electrons. The zero-order chi connectivity index (χ0) is 12.5. The van der Waals surface area contributed by atoms with E-state index in [2.05, 4.69) is 38.3 Å². The molecule has 1 N–H and O–H groups in total. The quantitative estimate of drug-likeness (QED) is 0.905. The van der Waals surface area contributed by atoms with Crippen molar-refractivity contribution in [2.75, 3.05) is 13.1 Å². The number of nitrogens with zero attached hydrogens (tertiary/aromatic N) is 1. The highest BCUT2D eigenvalue weighted by atomic mass is 79.9. The molecule has 3 rings (SSSR count). The van der Waals surface area contributed by atoms with Crippen molar-refractivity contribution in [2.24, 2.45) is 5.92 Å². The van der Waals surface area contributed by atoms with Crippen LogP contribution in [0.3, 0.4) is 0 Å². The minimum absolute atomic E-state index is 0.336. The predicted molar refractivity (Wildman–Crippen MR) is 76.6 cm³/mol. The van der Waals surface area contributed by atoms with Gasteiger partial charge in [0.25, 0.3) is 0 Å². The number of thiophene rings is 1. The average molecular weight is 329 g/mol. The van der Waals surface area contributed by atoms with Crippen LogP contribution in [0.15, 0.2) is 15.9 Å². The number of piperidine rings is 2. The van der Waals surface area contributed by atoms with Crippen LogP contribution in [0.25, 0.3) is 0 Å². The highest BCUT2D eigenvalue weighted by Crippen LogP contribution is 2.31. The van der Waals surface area contributed by atoms with Gasteiger partial charge in [0.05, 0.1) is 10.3 Å². The van der Waals surface area contributed by atoms with Gasteiger partial charge in [-0.2, -0.15) is 0 Å². The minimum atomic E-state index is 0.336. The van der Waals surface area contributed by atoms with Crippen LogP contribution >= 0.6 is 27.3 Å². The summed E-state index contributed by atoms with van der Waals surface area (Å²) in [5.74, 6) is 0.988. The number of fused-ring (bicyclic) bond motifs is 1. The van der Waals surface area contributed by atoms with E-state index in [0.29, 0.717) is 17.9 Å². The molecule has 2 unspecified atom stereocenters. The van der Waals surface area contributed by atoms with Crippen molar-refractivity contribution < 1.29 is 4.79 Å². The third kappa shape index (κ3) is 2.49. The highest BCUT2D eigenvalue weighted by Gasteiger charge is 2.37. The van der Waals surface area contributed by atoms with Crippen LogP contribution in [0.5, 0.6) is 0 Å². The summed E-state index contributed by atoms with van der Waals surface area (Å²) in [4.78, 5) is 15.5. The van der Waals surface area contributed by atoms with E-state index in [9.17, 15) is 4.79 Å². The van der Waals surface area contributed by atoms with E-state index in [1.807, 2.05) is 0 Å². The average Bonchev–Trinajstić information content (AvgIpc) is 2.79. The molecule has 3 heterocycles. The Hall–Kier alpha value is -0.390. The van der Waals surface area contributed by atoms with E-state index in [1.165, 1.54) is 4.88 Å². The molecule has 0 aliphatic carbocycles. The van der Waals surface area contributed by atoms with Crippen molar-refractivity contribution in [3.63, 3.8) is 0 Å². The largest absolute Gasteiger partial charge is 0.334 e. The molecule has 0 bridgehead atoms. The van der Waals surface area contributed by atoms with Crippen molar-refractivity contribution in [3.8, 4) is 0 Å². The number of rotatable bonds is 2. The van der Waals surface area contributed by atoms with Gasteiger partial charge < -0.3 is 10.2 Å². The van der Waals surface area contributed by atoms with Crippen molar-refractivity contribution >= 4 is 33.2 Å². The molecule has 2 aliphatic rings. The summed E-state index contributed by atoms with van der Waals surface area (Å²) in [6.45, 7) is 2.90. The molecule has 0 aromatic carbocycles. The molecule has 3 nitrogen and oxygen atoms in total. The fourth-order valence-electron chi connectivity index (χ4n) is 3.06. The lowest BCUT2D eigenvalue weighted by Crippen LogP contribution is -2.54. The van der Waals surface area contributed by atoms with Gasteiger partial charge in [-0.15, -0.1) is 11.3 Å². The zero-order valence-corrected chi connectivity index (χ0v) is 12.6. The summed E-state index contributed by atoms with van der Waals surface area (Å²) < 4.78 is 1.14. The summed E-state index contributed by atoms with van der Waals surface area (Å²) >= 11 is 5.22. The molecule has 2 atom stereocenters. The van der Waals surface area contributed by atoms with Gasteiger partial charge in [-0.05, 0) is 59.9 Å². The fraction of sp³-hybridized carbons (Fsp3) is 0.615. The summed E-state index contributed by atoms with van der Waals surface area (Å²) in [5, 5.41) is 3.44. The van der Waals surface area contributed by atoms with Crippen LogP contribution < -0.4 is 5.32 Å². The molecule has 0 saturated carbocycles. The van der Waals surface area contributed by atoms with Gasteiger partial charge in [0, 0.05) is 17.3 Å². The Labute approximate surface area is 120 Å². The van der Waals surface area contributed by atoms with Crippen molar-refractivity contribution in [2.45, 2.75) is 31.8 Å². The Balaban J connectivity index is 1.76. The van der Waals surface area contributed by atoms with Crippen LogP contribution in [0, 0.1) is 5.92 Å². The minimum Gasteiger partial charge on any atom is -0.334 e. The lowest BCUT2D eigenvalue weighted by molar-refractivity contribution is -0.140. The highest BCUT2D eigenvalue weighted by molar-refractivity contribution is 9.11. The Kier molecular flexibility index (Phi) is 3.73. The first-order valence-corrected chi connectivity index (χ1v) is 8.09. The first kappa shape index (κ1) is 12.6. The van der Waals surface area contributed by atoms with Crippen molar-refractivity contribution in [3.05, 3.63) is 20.8 Å².